The lowest BCUT2D eigenvalue weighted by Gasteiger charge is -2.20. The molecule has 0 bridgehead atoms. The molecule has 0 aliphatic carbocycles. The van der Waals surface area contributed by atoms with Gasteiger partial charge < -0.3 is 117 Å². The minimum atomic E-state index is -1.55. The van der Waals surface area contributed by atoms with E-state index >= 15 is 0 Å². The Morgan fingerprint density at radius 1 is 0.471 bits per heavy atom. The van der Waals surface area contributed by atoms with Crippen molar-refractivity contribution in [2.45, 2.75) is 101 Å². The van der Waals surface area contributed by atoms with Crippen molar-refractivity contribution in [2.75, 3.05) is 40.6 Å². The predicted molar refractivity (Wildman–Crippen MR) is 240 cm³/mol. The maximum absolute atomic E-state index is 10.9. The highest BCUT2D eigenvalue weighted by Gasteiger charge is 2.30. The standard InChI is InChI=1S/2C10H17N3O5.C9H15N3O5.C9H14N2O5.ClH/c2*1-5(13-18-2)10-11-3-6(12-10)8(16)9(17)7(15)4-14;1-4(12-17)9-10-2-5(11-9)7(15)8(16)6(14)3-13;1-4(13)9-10-2-5(11-9)7(15)8(16)6(14)3-12;/h2*3,7-9,14-17H,4H2,1-2H3,(H,11,12);2,6-8,13-17H,3H2,1H3,(H,10,11);2,6-8,12,14-16H,3H2,1H3,(H,10,11);1H/b2*13-5+;12-4+;;/t2*7-,8-,9-;2*6-,7-,8-;/m1111./s1. The van der Waals surface area contributed by atoms with Crippen molar-refractivity contribution in [3.05, 3.63) is 70.9 Å². The molecule has 32 heteroatoms. The largest absolute Gasteiger partial charge is 0.411 e. The third-order valence-electron chi connectivity index (χ3n) is 9.24. The number of ketones is 1. The number of nitrogens with zero attached hydrogens (tertiary/aromatic N) is 7. The summed E-state index contributed by atoms with van der Waals surface area (Å²) in [4.78, 5) is 46.0. The fourth-order valence-electron chi connectivity index (χ4n) is 5.09. The van der Waals surface area contributed by atoms with E-state index in [1.54, 1.807) is 13.8 Å². The fourth-order valence-corrected chi connectivity index (χ4v) is 5.09. The number of oxime groups is 3. The molecule has 4 heterocycles. The number of Topliss-reactive ketones (excluding diaryl/α,β-unsaturated/α-hetero) is 1. The highest BCUT2D eigenvalue weighted by Crippen LogP contribution is 2.21. The molecule has 398 valence electrons. The molecule has 0 fully saturated rings. The van der Waals surface area contributed by atoms with Crippen LogP contribution < -0.4 is 0 Å². The number of aromatic amines is 4. The molecule has 21 N–H and O–H groups in total. The van der Waals surface area contributed by atoms with Crippen LogP contribution in [0.15, 0.2) is 40.3 Å². The van der Waals surface area contributed by atoms with Gasteiger partial charge in [-0.3, -0.25) is 4.79 Å². The smallest absolute Gasteiger partial charge is 0.194 e. The summed E-state index contributed by atoms with van der Waals surface area (Å²) in [6, 6.07) is 0. The number of aliphatic hydroxyl groups excluding tert-OH is 16. The highest BCUT2D eigenvalue weighted by molar-refractivity contribution is 5.95. The zero-order valence-electron chi connectivity index (χ0n) is 38.4. The van der Waals surface area contributed by atoms with Crippen LogP contribution >= 0.6 is 12.4 Å². The van der Waals surface area contributed by atoms with Gasteiger partial charge in [0.15, 0.2) is 29.1 Å². The van der Waals surface area contributed by atoms with Crippen molar-refractivity contribution >= 4 is 35.3 Å². The maximum Gasteiger partial charge on any atom is 0.194 e. The highest BCUT2D eigenvalue weighted by atomic mass is 35.5. The van der Waals surface area contributed by atoms with Crippen molar-refractivity contribution in [1.29, 1.82) is 0 Å². The summed E-state index contributed by atoms with van der Waals surface area (Å²) in [7, 11) is 2.78. The first kappa shape index (κ1) is 64.6. The number of carbonyl (C=O) groups is 1. The molecule has 4 aromatic rings. The summed E-state index contributed by atoms with van der Waals surface area (Å²) in [6.45, 7) is 3.45. The molecular weight excluding hydrogens is 966 g/mol. The molecule has 0 amide bonds. The molecule has 0 radical (unpaired) electrons. The van der Waals surface area contributed by atoms with E-state index < -0.39 is 99.7 Å². The molecule has 0 spiro atoms. The SMILES string of the molecule is C/C(=N\O)c1ncc([C@@H](O)[C@H](O)[C@H](O)CO)[nH]1.CC(=O)c1ncc([C@@H](O)[C@H](O)[C@H](O)CO)[nH]1.CO/N=C(\C)c1ncc([C@@H](O)[C@H](O)[C@H](O)CO)[nH]1.CO/N=C(\C)c1ncc([C@@H](O)[C@H](O)[C@H](O)CO)[nH]1.Cl. The van der Waals surface area contributed by atoms with Crippen molar-refractivity contribution in [3.8, 4) is 0 Å². The van der Waals surface area contributed by atoms with E-state index in [0.717, 1.165) is 0 Å². The second-order valence-corrected chi connectivity index (χ2v) is 14.5. The number of aliphatic hydroxyl groups is 16. The minimum Gasteiger partial charge on any atom is -0.411 e. The topological polar surface area (TPSA) is 531 Å². The van der Waals surface area contributed by atoms with E-state index in [4.69, 9.17) is 35.8 Å². The number of hydrogen-bond donors (Lipinski definition) is 21. The van der Waals surface area contributed by atoms with E-state index in [1.807, 2.05) is 0 Å². The van der Waals surface area contributed by atoms with Crippen molar-refractivity contribution in [1.82, 2.24) is 39.9 Å². The average molecular weight is 1030 g/mol. The summed E-state index contributed by atoms with van der Waals surface area (Å²) >= 11 is 0. The number of rotatable bonds is 22. The first-order valence-corrected chi connectivity index (χ1v) is 20.2. The van der Waals surface area contributed by atoms with E-state index in [1.165, 1.54) is 52.9 Å². The number of halogens is 1. The lowest BCUT2D eigenvalue weighted by atomic mass is 10.1. The van der Waals surface area contributed by atoms with Gasteiger partial charge >= 0.3 is 0 Å². The van der Waals surface area contributed by atoms with Crippen LogP contribution in [0.3, 0.4) is 0 Å². The van der Waals surface area contributed by atoms with Gasteiger partial charge in [-0.1, -0.05) is 15.5 Å². The van der Waals surface area contributed by atoms with E-state index in [0.29, 0.717) is 23.1 Å². The Balaban J connectivity index is 0.000000903. The first-order chi connectivity index (χ1) is 32.5. The molecular formula is C38H64ClN11O20. The summed E-state index contributed by atoms with van der Waals surface area (Å²) in [5, 5.41) is 167. The lowest BCUT2D eigenvalue weighted by Crippen LogP contribution is -2.34. The third kappa shape index (κ3) is 19.4. The van der Waals surface area contributed by atoms with E-state index in [-0.39, 0.29) is 58.3 Å². The Bertz CT molecular complexity index is 2090. The molecule has 31 nitrogen and oxygen atoms in total. The van der Waals surface area contributed by atoms with Crippen LogP contribution in [0.2, 0.25) is 0 Å². The molecule has 0 saturated heterocycles. The molecule has 0 aromatic carbocycles. The predicted octanol–water partition coefficient (Wildman–Crippen LogP) is -5.81. The monoisotopic (exact) mass is 1030 g/mol. The molecule has 4 aromatic heterocycles. The van der Waals surface area contributed by atoms with Gasteiger partial charge in [-0.2, -0.15) is 0 Å². The first-order valence-electron chi connectivity index (χ1n) is 20.2. The van der Waals surface area contributed by atoms with Crippen LogP contribution in [0, 0.1) is 0 Å². The molecule has 0 saturated carbocycles. The van der Waals surface area contributed by atoms with Gasteiger partial charge in [-0.05, 0) is 20.8 Å². The van der Waals surface area contributed by atoms with E-state index in [2.05, 4.69) is 65.0 Å². The van der Waals surface area contributed by atoms with Crippen molar-refractivity contribution in [2.24, 2.45) is 15.5 Å². The van der Waals surface area contributed by atoms with Crippen LogP contribution in [-0.2, 0) is 9.68 Å². The van der Waals surface area contributed by atoms with Gasteiger partial charge in [0, 0.05) is 6.92 Å². The number of aromatic nitrogens is 8. The van der Waals surface area contributed by atoms with Crippen LogP contribution in [0.25, 0.3) is 0 Å². The normalized spacial score (nSPS) is 17.1. The number of carbonyl (C=O) groups excluding carboxylic acids is 1. The molecule has 0 aliphatic rings. The Kier molecular flexibility index (Phi) is 29.9. The average Bonchev–Trinajstić information content (AvgIpc) is 4.22. The molecule has 12 atom stereocenters. The number of imidazole rings is 4. The van der Waals surface area contributed by atoms with Crippen LogP contribution in [-0.4, -0.2) is 239 Å². The van der Waals surface area contributed by atoms with Gasteiger partial charge in [-0.25, -0.2) is 19.9 Å². The Hall–Kier alpha value is -5.43. The zero-order chi connectivity index (χ0) is 52.7. The van der Waals surface area contributed by atoms with Crippen LogP contribution in [0.5, 0.6) is 0 Å². The van der Waals surface area contributed by atoms with Crippen molar-refractivity contribution in [3.63, 3.8) is 0 Å². The van der Waals surface area contributed by atoms with Gasteiger partial charge in [0.2, 0.25) is 0 Å². The lowest BCUT2D eigenvalue weighted by molar-refractivity contribution is -0.0788. The maximum atomic E-state index is 10.9. The van der Waals surface area contributed by atoms with Gasteiger partial charge in [-0.15, -0.1) is 12.4 Å². The summed E-state index contributed by atoms with van der Waals surface area (Å²) in [5.41, 5.74) is 1.79. The number of hydrogen-bond acceptors (Lipinski definition) is 27. The zero-order valence-corrected chi connectivity index (χ0v) is 39.2. The van der Waals surface area contributed by atoms with Crippen LogP contribution in [0.4, 0.5) is 0 Å². The summed E-state index contributed by atoms with van der Waals surface area (Å²) in [5.74, 6) is 0.718. The second-order valence-electron chi connectivity index (χ2n) is 14.5. The Labute approximate surface area is 403 Å². The van der Waals surface area contributed by atoms with Gasteiger partial charge in [0.05, 0.1) is 74.0 Å². The fraction of sp³-hybridized carbons (Fsp3) is 0.579. The number of H-pyrrole nitrogens is 4. The number of nitrogens with one attached hydrogen (secondary N) is 4. The van der Waals surface area contributed by atoms with Crippen molar-refractivity contribution < 1.29 is 101 Å². The quantitative estimate of drug-likeness (QED) is 0.0151. The second kappa shape index (κ2) is 32.5. The Morgan fingerprint density at radius 3 is 0.900 bits per heavy atom. The molecule has 4 rings (SSSR count). The molecule has 0 unspecified atom stereocenters. The minimum absolute atomic E-state index is 0. The molecule has 0 aliphatic heterocycles. The third-order valence-corrected chi connectivity index (χ3v) is 9.24. The Morgan fingerprint density at radius 2 is 0.700 bits per heavy atom. The van der Waals surface area contributed by atoms with Crippen LogP contribution in [0.1, 0.15) is 103 Å². The summed E-state index contributed by atoms with van der Waals surface area (Å²) < 4.78 is 0. The summed E-state index contributed by atoms with van der Waals surface area (Å²) in [6.07, 6.45) is -12.5. The molecule has 70 heavy (non-hydrogen) atoms. The van der Waals surface area contributed by atoms with Gasteiger partial charge in [0.1, 0.15) is 105 Å². The van der Waals surface area contributed by atoms with Gasteiger partial charge in [0.25, 0.3) is 0 Å². The van der Waals surface area contributed by atoms with E-state index in [9.17, 15) is 55.9 Å².